The maximum Gasteiger partial charge on any atom is 0.255 e. The van der Waals surface area contributed by atoms with Crippen LogP contribution in [-0.2, 0) is 0 Å². The van der Waals surface area contributed by atoms with E-state index in [0.29, 0.717) is 48.0 Å². The first-order valence-electron chi connectivity index (χ1n) is 10.7. The monoisotopic (exact) mass is 447 g/mol. The number of carbonyl (C=O) groups is 2. The van der Waals surface area contributed by atoms with Crippen LogP contribution in [0.25, 0.3) is 0 Å². The van der Waals surface area contributed by atoms with Gasteiger partial charge in [0.25, 0.3) is 11.8 Å². The molecule has 0 aromatic heterocycles. The van der Waals surface area contributed by atoms with Crippen LogP contribution in [0.2, 0.25) is 5.02 Å². The van der Waals surface area contributed by atoms with E-state index < -0.39 is 0 Å². The van der Waals surface area contributed by atoms with E-state index in [9.17, 15) is 9.59 Å². The summed E-state index contributed by atoms with van der Waals surface area (Å²) >= 11 is 6.56. The first-order chi connectivity index (χ1) is 15.4. The number of para-hydroxylation sites is 1. The average molecular weight is 448 g/mol. The van der Waals surface area contributed by atoms with E-state index in [4.69, 9.17) is 11.6 Å². The number of hydrogen-bond donors (Lipinski definition) is 1. The molecular formula is C26H26ClN3O2. The fourth-order valence-corrected chi connectivity index (χ4v) is 4.26. The third kappa shape index (κ3) is 4.63. The summed E-state index contributed by atoms with van der Waals surface area (Å²) in [4.78, 5) is 29.7. The van der Waals surface area contributed by atoms with Crippen molar-refractivity contribution in [2.24, 2.45) is 0 Å². The zero-order valence-corrected chi connectivity index (χ0v) is 19.0. The molecule has 0 bridgehead atoms. The number of anilines is 2. The van der Waals surface area contributed by atoms with Crippen LogP contribution in [0.5, 0.6) is 0 Å². The lowest BCUT2D eigenvalue weighted by atomic mass is 10.1. The molecule has 164 valence electrons. The van der Waals surface area contributed by atoms with Gasteiger partial charge in [-0.3, -0.25) is 9.59 Å². The maximum atomic E-state index is 12.9. The third-order valence-corrected chi connectivity index (χ3v) is 6.11. The Balaban J connectivity index is 1.49. The number of halogens is 1. The lowest BCUT2D eigenvalue weighted by Gasteiger charge is -2.37. The maximum absolute atomic E-state index is 12.9. The minimum atomic E-state index is -0.167. The SMILES string of the molecule is Cc1ccc(C(=O)N2CCN(c3c(Cl)cccc3NC(=O)c3ccccc3C)CC2)cc1. The molecule has 3 aromatic carbocycles. The molecule has 0 atom stereocenters. The highest BCUT2D eigenvalue weighted by Crippen LogP contribution is 2.35. The lowest BCUT2D eigenvalue weighted by Crippen LogP contribution is -2.49. The van der Waals surface area contributed by atoms with Gasteiger partial charge < -0.3 is 15.1 Å². The van der Waals surface area contributed by atoms with Gasteiger partial charge in [0.15, 0.2) is 0 Å². The Kier molecular flexibility index (Phi) is 6.47. The molecule has 1 heterocycles. The number of piperazine rings is 1. The summed E-state index contributed by atoms with van der Waals surface area (Å²) in [6, 6.07) is 20.7. The molecule has 6 heteroatoms. The van der Waals surface area contributed by atoms with Crippen LogP contribution < -0.4 is 10.2 Å². The Labute approximate surface area is 193 Å². The molecule has 1 saturated heterocycles. The summed E-state index contributed by atoms with van der Waals surface area (Å²) < 4.78 is 0. The summed E-state index contributed by atoms with van der Waals surface area (Å²) in [5.41, 5.74) is 4.84. The van der Waals surface area contributed by atoms with Crippen molar-refractivity contribution in [1.82, 2.24) is 4.90 Å². The second-order valence-corrected chi connectivity index (χ2v) is 8.46. The molecule has 2 amide bonds. The van der Waals surface area contributed by atoms with Crippen LogP contribution >= 0.6 is 11.6 Å². The largest absolute Gasteiger partial charge is 0.365 e. The van der Waals surface area contributed by atoms with Gasteiger partial charge in [-0.1, -0.05) is 53.6 Å². The topological polar surface area (TPSA) is 52.7 Å². The Hall–Kier alpha value is -3.31. The van der Waals surface area contributed by atoms with E-state index in [-0.39, 0.29) is 11.8 Å². The minimum absolute atomic E-state index is 0.0388. The van der Waals surface area contributed by atoms with Gasteiger partial charge in [0.2, 0.25) is 0 Å². The molecule has 32 heavy (non-hydrogen) atoms. The fraction of sp³-hybridized carbons (Fsp3) is 0.231. The van der Waals surface area contributed by atoms with Crippen molar-refractivity contribution in [3.63, 3.8) is 0 Å². The number of benzene rings is 3. The van der Waals surface area contributed by atoms with E-state index in [1.807, 2.05) is 85.5 Å². The standard InChI is InChI=1S/C26H26ClN3O2/c1-18-10-12-20(13-11-18)26(32)30-16-14-29(15-17-30)24-22(27)8-5-9-23(24)28-25(31)21-7-4-3-6-19(21)2/h3-13H,14-17H2,1-2H3,(H,28,31). The quantitative estimate of drug-likeness (QED) is 0.600. The molecule has 1 aliphatic rings. The van der Waals surface area contributed by atoms with Crippen molar-refractivity contribution in [3.8, 4) is 0 Å². The van der Waals surface area contributed by atoms with Crippen LogP contribution in [0.15, 0.2) is 66.7 Å². The van der Waals surface area contributed by atoms with Gasteiger partial charge in [0.1, 0.15) is 0 Å². The molecule has 5 nitrogen and oxygen atoms in total. The molecule has 1 fully saturated rings. The molecule has 0 saturated carbocycles. The number of nitrogens with zero attached hydrogens (tertiary/aromatic N) is 2. The van der Waals surface area contributed by atoms with Gasteiger partial charge in [0.05, 0.1) is 16.4 Å². The first-order valence-corrected chi connectivity index (χ1v) is 11.1. The summed E-state index contributed by atoms with van der Waals surface area (Å²) in [6.07, 6.45) is 0. The highest BCUT2D eigenvalue weighted by Gasteiger charge is 2.25. The van der Waals surface area contributed by atoms with Gasteiger partial charge in [-0.15, -0.1) is 0 Å². The van der Waals surface area contributed by atoms with Crippen LogP contribution in [0.4, 0.5) is 11.4 Å². The molecular weight excluding hydrogens is 422 g/mol. The van der Waals surface area contributed by atoms with Crippen molar-refractivity contribution in [1.29, 1.82) is 0 Å². The van der Waals surface area contributed by atoms with Gasteiger partial charge in [-0.05, 0) is 49.7 Å². The van der Waals surface area contributed by atoms with E-state index in [1.165, 1.54) is 0 Å². The number of amides is 2. The van der Waals surface area contributed by atoms with Crippen molar-refractivity contribution in [2.75, 3.05) is 36.4 Å². The molecule has 0 spiro atoms. The molecule has 0 aliphatic carbocycles. The van der Waals surface area contributed by atoms with E-state index in [0.717, 1.165) is 16.8 Å². The van der Waals surface area contributed by atoms with Crippen LogP contribution in [0.3, 0.4) is 0 Å². The van der Waals surface area contributed by atoms with Crippen LogP contribution in [0.1, 0.15) is 31.8 Å². The molecule has 1 aliphatic heterocycles. The smallest absolute Gasteiger partial charge is 0.255 e. The van der Waals surface area contributed by atoms with Crippen molar-refractivity contribution < 1.29 is 9.59 Å². The van der Waals surface area contributed by atoms with Crippen molar-refractivity contribution >= 4 is 34.8 Å². The fourth-order valence-electron chi connectivity index (χ4n) is 3.97. The number of hydrogen-bond acceptors (Lipinski definition) is 3. The number of aryl methyl sites for hydroxylation is 2. The second kappa shape index (κ2) is 9.45. The number of carbonyl (C=O) groups excluding carboxylic acids is 2. The minimum Gasteiger partial charge on any atom is -0.365 e. The van der Waals surface area contributed by atoms with Crippen LogP contribution in [0, 0.1) is 13.8 Å². The highest BCUT2D eigenvalue weighted by molar-refractivity contribution is 6.34. The number of nitrogens with one attached hydrogen (secondary N) is 1. The molecule has 0 unspecified atom stereocenters. The Morgan fingerprint density at radius 2 is 1.53 bits per heavy atom. The Bertz CT molecular complexity index is 1140. The molecule has 1 N–H and O–H groups in total. The molecule has 3 aromatic rings. The zero-order chi connectivity index (χ0) is 22.7. The average Bonchev–Trinajstić information content (AvgIpc) is 2.80. The summed E-state index contributed by atoms with van der Waals surface area (Å²) in [5, 5.41) is 3.60. The van der Waals surface area contributed by atoms with Gasteiger partial charge in [-0.25, -0.2) is 0 Å². The second-order valence-electron chi connectivity index (χ2n) is 8.05. The van der Waals surface area contributed by atoms with Gasteiger partial charge in [-0.2, -0.15) is 0 Å². The van der Waals surface area contributed by atoms with Crippen molar-refractivity contribution in [3.05, 3.63) is 94.0 Å². The first kappa shape index (κ1) is 21.9. The van der Waals surface area contributed by atoms with E-state index in [2.05, 4.69) is 10.2 Å². The van der Waals surface area contributed by atoms with E-state index in [1.54, 1.807) is 0 Å². The summed E-state index contributed by atoms with van der Waals surface area (Å²) in [7, 11) is 0. The van der Waals surface area contributed by atoms with Crippen LogP contribution in [-0.4, -0.2) is 42.9 Å². The predicted molar refractivity (Wildman–Crippen MR) is 130 cm³/mol. The van der Waals surface area contributed by atoms with Gasteiger partial charge >= 0.3 is 0 Å². The normalized spacial score (nSPS) is 13.7. The molecule has 4 rings (SSSR count). The van der Waals surface area contributed by atoms with Gasteiger partial charge in [0, 0.05) is 37.3 Å². The zero-order valence-electron chi connectivity index (χ0n) is 18.3. The Morgan fingerprint density at radius 3 is 2.22 bits per heavy atom. The van der Waals surface area contributed by atoms with E-state index >= 15 is 0 Å². The van der Waals surface area contributed by atoms with Crippen molar-refractivity contribution in [2.45, 2.75) is 13.8 Å². The molecule has 0 radical (unpaired) electrons. The highest BCUT2D eigenvalue weighted by atomic mass is 35.5. The Morgan fingerprint density at radius 1 is 0.844 bits per heavy atom. The lowest BCUT2D eigenvalue weighted by molar-refractivity contribution is 0.0746. The predicted octanol–water partition coefficient (Wildman–Crippen LogP) is 5.17. The summed E-state index contributed by atoms with van der Waals surface area (Å²) in [6.45, 7) is 6.36. The summed E-state index contributed by atoms with van der Waals surface area (Å²) in [5.74, 6) is -0.128. The third-order valence-electron chi connectivity index (χ3n) is 5.81. The number of rotatable bonds is 4.